The van der Waals surface area contributed by atoms with Crippen LogP contribution >= 0.6 is 34.2 Å². The minimum Gasteiger partial charge on any atom is -0.383 e. The molecule has 110 valence electrons. The Morgan fingerprint density at radius 3 is 3.10 bits per heavy atom. The zero-order valence-corrected chi connectivity index (χ0v) is 14.0. The number of carbonyl (C=O) groups excluding carboxylic acids is 1. The van der Waals surface area contributed by atoms with Crippen LogP contribution in [0.3, 0.4) is 0 Å². The van der Waals surface area contributed by atoms with E-state index in [0.717, 1.165) is 21.0 Å². The summed E-state index contributed by atoms with van der Waals surface area (Å²) in [5.41, 5.74) is 6.71. The highest BCUT2D eigenvalue weighted by atomic mass is 127. The van der Waals surface area contributed by atoms with Crippen molar-refractivity contribution in [1.82, 2.24) is 19.7 Å². The molecule has 0 spiro atoms. The van der Waals surface area contributed by atoms with Gasteiger partial charge in [0.1, 0.15) is 9.52 Å². The highest BCUT2D eigenvalue weighted by molar-refractivity contribution is 14.1. The van der Waals surface area contributed by atoms with E-state index in [2.05, 4.69) is 39.3 Å². The highest BCUT2D eigenvalue weighted by Gasteiger charge is 2.29. The lowest BCUT2D eigenvalue weighted by atomic mass is 10.2. The molecular weight excluding hydrogens is 405 g/mol. The molecule has 0 aliphatic carbocycles. The van der Waals surface area contributed by atoms with E-state index in [-0.39, 0.29) is 11.9 Å². The molecule has 0 unspecified atom stereocenters. The van der Waals surface area contributed by atoms with E-state index in [1.165, 1.54) is 12.3 Å². The molecular formula is C13H13ClIN5O. The van der Waals surface area contributed by atoms with Crippen LogP contribution in [0.15, 0.2) is 18.9 Å². The van der Waals surface area contributed by atoms with Crippen LogP contribution in [0.4, 0.5) is 5.82 Å². The van der Waals surface area contributed by atoms with Crippen LogP contribution in [-0.4, -0.2) is 38.7 Å². The summed E-state index contributed by atoms with van der Waals surface area (Å²) in [7, 11) is 0. The van der Waals surface area contributed by atoms with E-state index in [1.807, 2.05) is 4.68 Å². The Hall–Kier alpha value is -1.35. The number of anilines is 1. The standard InChI is InChI=1S/C13H13ClIN5O/c1-2-9(21)19-4-3-7(6-19)20-11-8(14)5-17-13(16)10(11)12(15)18-20/h2,5,7H,1,3-4,6H2,(H2,16,17)/t7-/m0/s1. The summed E-state index contributed by atoms with van der Waals surface area (Å²) in [5, 5.41) is 5.84. The normalized spacial score (nSPS) is 18.4. The Bertz CT molecular complexity index is 744. The maximum absolute atomic E-state index is 11.7. The number of amides is 1. The minimum absolute atomic E-state index is 0.0593. The Labute approximate surface area is 140 Å². The Balaban J connectivity index is 2.05. The average molecular weight is 418 g/mol. The zero-order chi connectivity index (χ0) is 15.1. The van der Waals surface area contributed by atoms with E-state index in [0.29, 0.717) is 23.9 Å². The zero-order valence-electron chi connectivity index (χ0n) is 11.1. The summed E-state index contributed by atoms with van der Waals surface area (Å²) >= 11 is 8.40. The largest absolute Gasteiger partial charge is 0.383 e. The van der Waals surface area contributed by atoms with E-state index < -0.39 is 0 Å². The summed E-state index contributed by atoms with van der Waals surface area (Å²) in [4.78, 5) is 17.5. The molecule has 8 heteroatoms. The molecule has 3 rings (SSSR count). The first-order chi connectivity index (χ1) is 10.0. The van der Waals surface area contributed by atoms with Crippen LogP contribution in [0, 0.1) is 3.70 Å². The molecule has 1 amide bonds. The number of hydrogen-bond acceptors (Lipinski definition) is 4. The second-order valence-electron chi connectivity index (χ2n) is 4.88. The number of nitrogens with two attached hydrogens (primary N) is 1. The van der Waals surface area contributed by atoms with Gasteiger partial charge in [-0.1, -0.05) is 18.2 Å². The molecule has 0 aromatic carbocycles. The fraction of sp³-hybridized carbons (Fsp3) is 0.308. The van der Waals surface area contributed by atoms with Gasteiger partial charge in [0.2, 0.25) is 5.91 Å². The van der Waals surface area contributed by atoms with Crippen LogP contribution in [0.5, 0.6) is 0 Å². The van der Waals surface area contributed by atoms with Crippen LogP contribution in [0.2, 0.25) is 5.02 Å². The Morgan fingerprint density at radius 2 is 2.38 bits per heavy atom. The number of likely N-dealkylation sites (tertiary alicyclic amines) is 1. The fourth-order valence-electron chi connectivity index (χ4n) is 2.65. The lowest BCUT2D eigenvalue weighted by molar-refractivity contribution is -0.125. The molecule has 1 aliphatic rings. The summed E-state index contributed by atoms with van der Waals surface area (Å²) < 4.78 is 2.64. The van der Waals surface area contributed by atoms with E-state index in [1.54, 1.807) is 4.90 Å². The maximum atomic E-state index is 11.7. The van der Waals surface area contributed by atoms with Gasteiger partial charge in [-0.3, -0.25) is 9.48 Å². The monoisotopic (exact) mass is 417 g/mol. The summed E-state index contributed by atoms with van der Waals surface area (Å²) in [5.74, 6) is 0.359. The van der Waals surface area contributed by atoms with Gasteiger partial charge in [0.25, 0.3) is 0 Å². The lowest BCUT2D eigenvalue weighted by Gasteiger charge is -2.15. The number of pyridine rings is 1. The van der Waals surface area contributed by atoms with Crippen molar-refractivity contribution in [3.63, 3.8) is 0 Å². The molecule has 1 fully saturated rings. The number of nitrogens with zero attached hydrogens (tertiary/aromatic N) is 4. The summed E-state index contributed by atoms with van der Waals surface area (Å²) in [6.07, 6.45) is 3.70. The number of hydrogen-bond donors (Lipinski definition) is 1. The van der Waals surface area contributed by atoms with Crippen molar-refractivity contribution in [1.29, 1.82) is 0 Å². The molecule has 2 aromatic heterocycles. The second kappa shape index (κ2) is 5.45. The van der Waals surface area contributed by atoms with Crippen molar-refractivity contribution < 1.29 is 4.79 Å². The van der Waals surface area contributed by atoms with Gasteiger partial charge in [-0.05, 0) is 35.1 Å². The van der Waals surface area contributed by atoms with Crippen LogP contribution in [0.25, 0.3) is 10.9 Å². The van der Waals surface area contributed by atoms with E-state index >= 15 is 0 Å². The van der Waals surface area contributed by atoms with Gasteiger partial charge in [0.15, 0.2) is 0 Å². The third-order valence-electron chi connectivity index (χ3n) is 3.66. The number of nitrogen functional groups attached to an aromatic ring is 1. The average Bonchev–Trinajstić information content (AvgIpc) is 3.07. The van der Waals surface area contributed by atoms with Crippen LogP contribution < -0.4 is 5.73 Å². The predicted octanol–water partition coefficient (Wildman–Crippen LogP) is 2.23. The number of fused-ring (bicyclic) bond motifs is 1. The first-order valence-electron chi connectivity index (χ1n) is 6.42. The van der Waals surface area contributed by atoms with Crippen LogP contribution in [-0.2, 0) is 4.79 Å². The molecule has 0 saturated carbocycles. The lowest BCUT2D eigenvalue weighted by Crippen LogP contribution is -2.27. The molecule has 2 aromatic rings. The Morgan fingerprint density at radius 1 is 1.62 bits per heavy atom. The van der Waals surface area contributed by atoms with Gasteiger partial charge in [-0.2, -0.15) is 5.10 Å². The summed E-state index contributed by atoms with van der Waals surface area (Å²) in [6.45, 7) is 4.80. The van der Waals surface area contributed by atoms with Gasteiger partial charge in [-0.15, -0.1) is 0 Å². The molecule has 3 heterocycles. The van der Waals surface area contributed by atoms with Gasteiger partial charge in [-0.25, -0.2) is 4.98 Å². The fourth-order valence-corrected chi connectivity index (χ4v) is 3.64. The molecule has 0 radical (unpaired) electrons. The molecule has 2 N–H and O–H groups in total. The maximum Gasteiger partial charge on any atom is 0.246 e. The smallest absolute Gasteiger partial charge is 0.246 e. The molecule has 6 nitrogen and oxygen atoms in total. The topological polar surface area (TPSA) is 77.0 Å². The van der Waals surface area contributed by atoms with Crippen molar-refractivity contribution >= 4 is 56.8 Å². The summed E-state index contributed by atoms with van der Waals surface area (Å²) in [6, 6.07) is 0.0826. The van der Waals surface area contributed by atoms with E-state index in [9.17, 15) is 4.79 Å². The molecule has 0 bridgehead atoms. The molecule has 1 saturated heterocycles. The van der Waals surface area contributed by atoms with Crippen molar-refractivity contribution in [3.8, 4) is 0 Å². The van der Waals surface area contributed by atoms with E-state index in [4.69, 9.17) is 17.3 Å². The van der Waals surface area contributed by atoms with Gasteiger partial charge >= 0.3 is 0 Å². The minimum atomic E-state index is -0.0593. The van der Waals surface area contributed by atoms with Gasteiger partial charge < -0.3 is 10.6 Å². The quantitative estimate of drug-likeness (QED) is 0.600. The molecule has 1 atom stereocenters. The number of halogens is 2. The SMILES string of the molecule is C=CC(=O)N1CC[C@H](n2nc(I)c3c(N)ncc(Cl)c32)C1. The second-order valence-corrected chi connectivity index (χ2v) is 6.31. The predicted molar refractivity (Wildman–Crippen MR) is 90.1 cm³/mol. The van der Waals surface area contributed by atoms with Crippen molar-refractivity contribution in [2.45, 2.75) is 12.5 Å². The first-order valence-corrected chi connectivity index (χ1v) is 7.87. The van der Waals surface area contributed by atoms with Crippen molar-refractivity contribution in [2.24, 2.45) is 0 Å². The van der Waals surface area contributed by atoms with Crippen LogP contribution in [0.1, 0.15) is 12.5 Å². The molecule has 21 heavy (non-hydrogen) atoms. The third kappa shape index (κ3) is 2.38. The van der Waals surface area contributed by atoms with Gasteiger partial charge in [0, 0.05) is 13.1 Å². The van der Waals surface area contributed by atoms with Crippen molar-refractivity contribution in [3.05, 3.63) is 27.6 Å². The molecule has 1 aliphatic heterocycles. The number of carbonyl (C=O) groups is 1. The third-order valence-corrected chi connectivity index (χ3v) is 4.69. The highest BCUT2D eigenvalue weighted by Crippen LogP contribution is 2.34. The Kier molecular flexibility index (Phi) is 3.78. The number of aromatic nitrogens is 3. The first kappa shape index (κ1) is 14.6. The van der Waals surface area contributed by atoms with Crippen molar-refractivity contribution in [2.75, 3.05) is 18.8 Å². The van der Waals surface area contributed by atoms with Gasteiger partial charge in [0.05, 0.1) is 28.2 Å². The number of rotatable bonds is 2.